The van der Waals surface area contributed by atoms with Gasteiger partial charge < -0.3 is 9.47 Å². The molecule has 0 saturated carbocycles. The lowest BCUT2D eigenvalue weighted by molar-refractivity contribution is -0.0418. The Morgan fingerprint density at radius 3 is 2.06 bits per heavy atom. The summed E-state index contributed by atoms with van der Waals surface area (Å²) in [5.41, 5.74) is -0.0927. The molecule has 0 amide bonds. The topological polar surface area (TPSA) is 18.5 Å². The number of halogens is 2. The van der Waals surface area contributed by atoms with Gasteiger partial charge in [-0.25, -0.2) is 0 Å². The van der Waals surface area contributed by atoms with Crippen molar-refractivity contribution >= 4 is 31.9 Å². The van der Waals surface area contributed by atoms with E-state index in [4.69, 9.17) is 9.47 Å². The fourth-order valence-electron chi connectivity index (χ4n) is 1.12. The third kappa shape index (κ3) is 11.4. The molecule has 98 valence electrons. The molecule has 0 spiro atoms. The van der Waals surface area contributed by atoms with Crippen molar-refractivity contribution in [2.75, 3.05) is 25.2 Å². The fraction of sp³-hybridized carbons (Fsp3) is 1.00. The van der Waals surface area contributed by atoms with Gasteiger partial charge in [0.15, 0.2) is 0 Å². The molecule has 0 radical (unpaired) electrons. The zero-order chi connectivity index (χ0) is 12.7. The molecule has 0 heterocycles. The van der Waals surface area contributed by atoms with Gasteiger partial charge in [-0.2, -0.15) is 0 Å². The highest BCUT2D eigenvalue weighted by molar-refractivity contribution is 9.10. The maximum absolute atomic E-state index is 5.86. The predicted octanol–water partition coefficient (Wildman–Crippen LogP) is 4.15. The maximum Gasteiger partial charge on any atom is 0.0648 e. The van der Waals surface area contributed by atoms with E-state index in [0.717, 1.165) is 38.0 Å². The Hall–Kier alpha value is 0.880. The van der Waals surface area contributed by atoms with E-state index in [-0.39, 0.29) is 9.93 Å². The molecule has 0 aliphatic heterocycles. The van der Waals surface area contributed by atoms with Crippen molar-refractivity contribution in [1.29, 1.82) is 0 Å². The van der Waals surface area contributed by atoms with Crippen LogP contribution < -0.4 is 0 Å². The van der Waals surface area contributed by atoms with E-state index in [1.807, 2.05) is 0 Å². The minimum Gasteiger partial charge on any atom is -0.380 e. The molecule has 16 heavy (non-hydrogen) atoms. The first-order valence-electron chi connectivity index (χ1n) is 5.73. The van der Waals surface area contributed by atoms with Crippen LogP contribution >= 0.6 is 31.9 Å². The highest BCUT2D eigenvalue weighted by Gasteiger charge is 2.20. The van der Waals surface area contributed by atoms with Gasteiger partial charge in [0.1, 0.15) is 0 Å². The van der Waals surface area contributed by atoms with E-state index >= 15 is 0 Å². The Kier molecular flexibility index (Phi) is 8.51. The number of hydrogen-bond donors (Lipinski definition) is 0. The van der Waals surface area contributed by atoms with Crippen LogP contribution in [0.1, 0.15) is 40.5 Å². The smallest absolute Gasteiger partial charge is 0.0648 e. The number of rotatable bonds is 9. The van der Waals surface area contributed by atoms with Gasteiger partial charge in [0.2, 0.25) is 0 Å². The number of alkyl halides is 2. The first-order valence-corrected chi connectivity index (χ1v) is 7.65. The largest absolute Gasteiger partial charge is 0.380 e. The van der Waals surface area contributed by atoms with E-state index in [2.05, 4.69) is 59.6 Å². The highest BCUT2D eigenvalue weighted by Crippen LogP contribution is 2.22. The van der Waals surface area contributed by atoms with Crippen LogP contribution in [0.2, 0.25) is 0 Å². The van der Waals surface area contributed by atoms with Crippen molar-refractivity contribution in [3.05, 3.63) is 0 Å². The summed E-state index contributed by atoms with van der Waals surface area (Å²) in [5.74, 6) is 0. The molecular formula is C12H24Br2O2. The fourth-order valence-corrected chi connectivity index (χ4v) is 1.51. The van der Waals surface area contributed by atoms with Crippen LogP contribution in [0.5, 0.6) is 0 Å². The van der Waals surface area contributed by atoms with Gasteiger partial charge in [0, 0.05) is 22.9 Å². The molecule has 0 unspecified atom stereocenters. The van der Waals surface area contributed by atoms with E-state index in [1.165, 1.54) is 0 Å². The molecule has 2 nitrogen and oxygen atoms in total. The van der Waals surface area contributed by atoms with E-state index in [1.54, 1.807) is 0 Å². The molecule has 0 aromatic carbocycles. The third-order valence-corrected chi connectivity index (χ3v) is 2.98. The van der Waals surface area contributed by atoms with Gasteiger partial charge >= 0.3 is 0 Å². The second-order valence-corrected chi connectivity index (χ2v) is 8.07. The van der Waals surface area contributed by atoms with Crippen molar-refractivity contribution in [1.82, 2.24) is 0 Å². The van der Waals surface area contributed by atoms with Crippen LogP contribution in [0.15, 0.2) is 0 Å². The van der Waals surface area contributed by atoms with Crippen molar-refractivity contribution in [2.45, 2.75) is 50.5 Å². The summed E-state index contributed by atoms with van der Waals surface area (Å²) in [7, 11) is 0. The molecule has 0 bridgehead atoms. The van der Waals surface area contributed by atoms with Crippen molar-refractivity contribution in [3.63, 3.8) is 0 Å². The molecule has 0 fully saturated rings. The summed E-state index contributed by atoms with van der Waals surface area (Å²) >= 11 is 6.94. The lowest BCUT2D eigenvalue weighted by Crippen LogP contribution is -2.28. The van der Waals surface area contributed by atoms with Crippen LogP contribution in [0.3, 0.4) is 0 Å². The Morgan fingerprint density at radius 1 is 0.938 bits per heavy atom. The average molecular weight is 360 g/mol. The first-order chi connectivity index (χ1) is 7.27. The number of hydrogen-bond acceptors (Lipinski definition) is 2. The van der Waals surface area contributed by atoms with Crippen LogP contribution in [0.25, 0.3) is 0 Å². The summed E-state index contributed by atoms with van der Waals surface area (Å²) in [4.78, 5) is 0. The average Bonchev–Trinajstić information content (AvgIpc) is 2.10. The lowest BCUT2D eigenvalue weighted by Gasteiger charge is -2.27. The molecular weight excluding hydrogens is 336 g/mol. The van der Waals surface area contributed by atoms with Gasteiger partial charge in [-0.05, 0) is 40.5 Å². The lowest BCUT2D eigenvalue weighted by atomic mass is 10.1. The van der Waals surface area contributed by atoms with Crippen molar-refractivity contribution in [2.24, 2.45) is 0 Å². The molecule has 0 aliphatic carbocycles. The molecule has 0 atom stereocenters. The minimum atomic E-state index is -0.0927. The Balaban J connectivity index is 3.62. The monoisotopic (exact) mass is 358 g/mol. The van der Waals surface area contributed by atoms with Gasteiger partial charge in [0.25, 0.3) is 0 Å². The molecule has 4 heteroatoms. The Morgan fingerprint density at radius 2 is 1.56 bits per heavy atom. The van der Waals surface area contributed by atoms with Crippen molar-refractivity contribution in [3.8, 4) is 0 Å². The van der Waals surface area contributed by atoms with Gasteiger partial charge in [-0.15, -0.1) is 0 Å². The standard InChI is InChI=1S/C12H24Br2O2/c1-11(2,14)5-9-16-12(3,4)6-8-15-10-7-13/h5-10H2,1-4H3. The molecule has 0 aromatic heterocycles. The molecule has 0 aliphatic rings. The molecule has 0 aromatic rings. The Labute approximate surface area is 117 Å². The minimum absolute atomic E-state index is 0.0927. The SMILES string of the molecule is CC(C)(Br)CCOC(C)(C)CCOCCBr. The second-order valence-electron chi connectivity index (χ2n) is 5.13. The molecule has 0 N–H and O–H groups in total. The predicted molar refractivity (Wildman–Crippen MR) is 76.9 cm³/mol. The van der Waals surface area contributed by atoms with E-state index in [9.17, 15) is 0 Å². The van der Waals surface area contributed by atoms with Gasteiger partial charge in [-0.3, -0.25) is 0 Å². The highest BCUT2D eigenvalue weighted by atomic mass is 79.9. The molecule has 0 rings (SSSR count). The van der Waals surface area contributed by atoms with E-state index in [0.29, 0.717) is 0 Å². The third-order valence-electron chi connectivity index (χ3n) is 2.26. The quantitative estimate of drug-likeness (QED) is 0.454. The van der Waals surface area contributed by atoms with Crippen molar-refractivity contribution < 1.29 is 9.47 Å². The second kappa shape index (κ2) is 8.06. The summed E-state index contributed by atoms with van der Waals surface area (Å²) in [6.07, 6.45) is 1.95. The zero-order valence-electron chi connectivity index (χ0n) is 10.8. The summed E-state index contributed by atoms with van der Waals surface area (Å²) in [6, 6.07) is 0. The number of ether oxygens (including phenoxy) is 2. The molecule has 0 saturated heterocycles. The van der Waals surface area contributed by atoms with Crippen LogP contribution in [0.4, 0.5) is 0 Å². The first kappa shape index (κ1) is 16.9. The van der Waals surface area contributed by atoms with Crippen LogP contribution in [0, 0.1) is 0 Å². The van der Waals surface area contributed by atoms with Crippen LogP contribution in [-0.4, -0.2) is 35.1 Å². The maximum atomic E-state index is 5.86. The van der Waals surface area contributed by atoms with Crippen LogP contribution in [-0.2, 0) is 9.47 Å². The van der Waals surface area contributed by atoms with Gasteiger partial charge in [-0.1, -0.05) is 31.9 Å². The van der Waals surface area contributed by atoms with Gasteiger partial charge in [0.05, 0.1) is 12.2 Å². The van der Waals surface area contributed by atoms with E-state index < -0.39 is 0 Å². The zero-order valence-corrected chi connectivity index (χ0v) is 14.0. The summed E-state index contributed by atoms with van der Waals surface area (Å²) in [5, 5.41) is 0.895. The Bertz CT molecular complexity index is 176. The summed E-state index contributed by atoms with van der Waals surface area (Å²) in [6.45, 7) is 10.9. The normalized spacial score (nSPS) is 13.1. The summed E-state index contributed by atoms with van der Waals surface area (Å²) < 4.78 is 11.5.